The molecule has 1 aliphatic carbocycles. The first-order valence-electron chi connectivity index (χ1n) is 19.9. The summed E-state index contributed by atoms with van der Waals surface area (Å²) in [7, 11) is 1.78. The van der Waals surface area contributed by atoms with E-state index in [0.29, 0.717) is 23.2 Å². The molecule has 2 aromatic rings. The van der Waals surface area contributed by atoms with Gasteiger partial charge < -0.3 is 21.0 Å². The maximum Gasteiger partial charge on any atom is 0.270 e. The van der Waals surface area contributed by atoms with Crippen molar-refractivity contribution < 1.29 is 9.59 Å². The highest BCUT2D eigenvalue weighted by Crippen LogP contribution is 2.36. The topological polar surface area (TPSA) is 129 Å². The fourth-order valence-electron chi connectivity index (χ4n) is 6.14. The predicted octanol–water partition coefficient (Wildman–Crippen LogP) is 10.3. The van der Waals surface area contributed by atoms with E-state index >= 15 is 0 Å². The van der Waals surface area contributed by atoms with Crippen LogP contribution in [0.4, 0.5) is 0 Å². The Balaban J connectivity index is 0.000000387. The Morgan fingerprint density at radius 1 is 1.00 bits per heavy atom. The quantitative estimate of drug-likeness (QED) is 0.164. The molecule has 3 heterocycles. The highest BCUT2D eigenvalue weighted by atomic mass is 16.2. The van der Waals surface area contributed by atoms with Crippen LogP contribution in [0.2, 0.25) is 0 Å². The van der Waals surface area contributed by atoms with Gasteiger partial charge in [0.15, 0.2) is 0 Å². The Kier molecular flexibility index (Phi) is 22.3. The lowest BCUT2D eigenvalue weighted by Gasteiger charge is -2.32. The molecule has 4 unspecified atom stereocenters. The molecular formula is C42H75N7O2. The monoisotopic (exact) mass is 710 g/mol. The van der Waals surface area contributed by atoms with Gasteiger partial charge in [-0.3, -0.25) is 14.3 Å². The van der Waals surface area contributed by atoms with Crippen molar-refractivity contribution >= 4 is 17.5 Å². The molecule has 9 nitrogen and oxygen atoms in total. The van der Waals surface area contributed by atoms with Crippen LogP contribution in [-0.2, 0) is 11.8 Å². The highest BCUT2D eigenvalue weighted by molar-refractivity contribution is 5.95. The zero-order chi connectivity index (χ0) is 38.5. The first-order chi connectivity index (χ1) is 24.1. The second-order valence-corrected chi connectivity index (χ2v) is 15.5. The molecule has 2 fully saturated rings. The second-order valence-electron chi connectivity index (χ2n) is 15.5. The number of aromatic nitrogens is 4. The maximum atomic E-state index is 12.6. The van der Waals surface area contributed by atoms with Gasteiger partial charge in [-0.2, -0.15) is 5.10 Å². The Morgan fingerprint density at radius 3 is 2.00 bits per heavy atom. The molecular weight excluding hydrogens is 635 g/mol. The lowest BCUT2D eigenvalue weighted by Crippen LogP contribution is -2.36. The van der Waals surface area contributed by atoms with Crippen molar-refractivity contribution in [3.05, 3.63) is 46.8 Å². The fourth-order valence-corrected chi connectivity index (χ4v) is 6.14. The Bertz CT molecular complexity index is 1300. The molecule has 4 N–H and O–H groups in total. The first kappa shape index (κ1) is 45.8. The molecule has 2 aromatic heterocycles. The zero-order valence-corrected chi connectivity index (χ0v) is 34.5. The van der Waals surface area contributed by atoms with Crippen molar-refractivity contribution in [1.82, 2.24) is 30.4 Å². The molecule has 1 saturated heterocycles. The van der Waals surface area contributed by atoms with Crippen molar-refractivity contribution in [1.29, 1.82) is 5.41 Å². The number of amides is 2. The van der Waals surface area contributed by atoms with Crippen LogP contribution in [0, 0.1) is 41.9 Å². The smallest absolute Gasteiger partial charge is 0.270 e. The number of hydrogen-bond donors (Lipinski definition) is 4. The molecule has 2 amide bonds. The normalized spacial score (nSPS) is 20.7. The van der Waals surface area contributed by atoms with Gasteiger partial charge in [-0.05, 0) is 94.6 Å². The van der Waals surface area contributed by atoms with Gasteiger partial charge in [0.2, 0.25) is 5.91 Å². The highest BCUT2D eigenvalue weighted by Gasteiger charge is 2.30. The molecule has 290 valence electrons. The van der Waals surface area contributed by atoms with Crippen LogP contribution < -0.4 is 10.6 Å². The molecule has 51 heavy (non-hydrogen) atoms. The van der Waals surface area contributed by atoms with Crippen LogP contribution in [-0.4, -0.2) is 43.8 Å². The first-order valence-corrected chi connectivity index (χ1v) is 19.9. The summed E-state index contributed by atoms with van der Waals surface area (Å²) in [6.45, 7) is 24.6. The van der Waals surface area contributed by atoms with E-state index in [1.807, 2.05) is 27.0 Å². The fraction of sp³-hybridized carbons (Fsp3) is 0.738. The summed E-state index contributed by atoms with van der Waals surface area (Å²) >= 11 is 0. The third kappa shape index (κ3) is 18.2. The van der Waals surface area contributed by atoms with Gasteiger partial charge in [-0.25, -0.2) is 4.98 Å². The summed E-state index contributed by atoms with van der Waals surface area (Å²) in [5.74, 6) is 4.81. The summed E-state index contributed by atoms with van der Waals surface area (Å²) in [5, 5.41) is 17.4. The lowest BCUT2D eigenvalue weighted by molar-refractivity contribution is -0.122. The van der Waals surface area contributed by atoms with Crippen LogP contribution in [0.3, 0.4) is 0 Å². The van der Waals surface area contributed by atoms with Gasteiger partial charge in [0.1, 0.15) is 11.5 Å². The number of piperidine rings is 1. The number of rotatable bonds is 12. The maximum absolute atomic E-state index is 12.6. The summed E-state index contributed by atoms with van der Waals surface area (Å²) in [6.07, 6.45) is 18.0. The Hall–Kier alpha value is -3.23. The number of H-pyrrole nitrogens is 1. The van der Waals surface area contributed by atoms with Gasteiger partial charge in [-0.15, -0.1) is 0 Å². The molecule has 4 atom stereocenters. The number of allylic oxidation sites excluding steroid dienone is 2. The van der Waals surface area contributed by atoms with Gasteiger partial charge in [-0.1, -0.05) is 99.0 Å². The van der Waals surface area contributed by atoms with E-state index in [0.717, 1.165) is 73.5 Å². The van der Waals surface area contributed by atoms with Crippen LogP contribution in [0.1, 0.15) is 174 Å². The molecule has 1 aliphatic heterocycles. The van der Waals surface area contributed by atoms with Crippen molar-refractivity contribution in [3.63, 3.8) is 0 Å². The number of carbonyl (C=O) groups excluding carboxylic acids is 2. The predicted molar refractivity (Wildman–Crippen MR) is 214 cm³/mol. The second kappa shape index (κ2) is 24.9. The number of hydrogen-bond acceptors (Lipinski definition) is 5. The molecule has 0 bridgehead atoms. The molecule has 9 heteroatoms. The number of aromatic amines is 1. The average molecular weight is 710 g/mol. The van der Waals surface area contributed by atoms with Gasteiger partial charge in [0.05, 0.1) is 17.9 Å². The molecule has 0 radical (unpaired) electrons. The SMILES string of the molecule is CC1CCC(=O)NC1.CCC(C)=C(C)C(C)=N.CCC(C)CCCC(C)CC.Cc1ncc(C(NC(=O)c2ccnn2C)C2CCC(C)CC2)[nH]1. The minimum Gasteiger partial charge on any atom is -0.356 e. The third-order valence-corrected chi connectivity index (χ3v) is 11.0. The van der Waals surface area contributed by atoms with Crippen molar-refractivity contribution in [3.8, 4) is 0 Å². The standard InChI is InChI=1S/C17H25N5O.C11H24.C8H15N.C6H11NO/c1-11-4-6-13(7-5-11)16(14-10-18-12(2)20-14)21-17(23)15-8-9-19-22(15)3;1-5-10(3)8-7-9-11(4)6-2;1-5-6(2)7(3)8(4)9;1-5-2-3-6(8)7-4-5/h8-11,13,16H,4-7H2,1-3H3,(H,18,20)(H,21,23);10-11H,5-9H2,1-4H3;9H,5H2,1-4H3;5H,2-4H2,1H3,(H,7,8). The molecule has 0 spiro atoms. The van der Waals surface area contributed by atoms with E-state index in [1.165, 1.54) is 50.5 Å². The number of imidazole rings is 1. The summed E-state index contributed by atoms with van der Waals surface area (Å²) in [6, 6.07) is 1.72. The third-order valence-electron chi connectivity index (χ3n) is 11.0. The minimum atomic E-state index is -0.0825. The van der Waals surface area contributed by atoms with Crippen molar-refractivity contribution in [2.45, 2.75) is 159 Å². The van der Waals surface area contributed by atoms with E-state index in [-0.39, 0.29) is 17.9 Å². The largest absolute Gasteiger partial charge is 0.356 e. The number of nitrogens with one attached hydrogen (secondary N) is 4. The van der Waals surface area contributed by atoms with Crippen LogP contribution >= 0.6 is 0 Å². The van der Waals surface area contributed by atoms with Crippen molar-refractivity contribution in [2.24, 2.45) is 36.6 Å². The van der Waals surface area contributed by atoms with Gasteiger partial charge in [0, 0.05) is 31.9 Å². The Morgan fingerprint density at radius 2 is 1.61 bits per heavy atom. The number of nitrogens with zero attached hydrogens (tertiary/aromatic N) is 3. The zero-order valence-electron chi connectivity index (χ0n) is 34.5. The Labute approximate surface area is 311 Å². The molecule has 1 saturated carbocycles. The van der Waals surface area contributed by atoms with E-state index in [4.69, 9.17) is 5.41 Å². The molecule has 4 rings (SSSR count). The summed E-state index contributed by atoms with van der Waals surface area (Å²) in [4.78, 5) is 30.7. The van der Waals surface area contributed by atoms with E-state index in [9.17, 15) is 9.59 Å². The van der Waals surface area contributed by atoms with Crippen LogP contribution in [0.15, 0.2) is 29.6 Å². The van der Waals surface area contributed by atoms with Gasteiger partial charge >= 0.3 is 0 Å². The van der Waals surface area contributed by atoms with E-state index < -0.39 is 0 Å². The van der Waals surface area contributed by atoms with E-state index in [1.54, 1.807) is 24.0 Å². The summed E-state index contributed by atoms with van der Waals surface area (Å²) in [5.41, 5.74) is 4.72. The molecule has 0 aromatic carbocycles. The number of aryl methyl sites for hydroxylation is 2. The van der Waals surface area contributed by atoms with Crippen LogP contribution in [0.5, 0.6) is 0 Å². The molecule has 2 aliphatic rings. The summed E-state index contributed by atoms with van der Waals surface area (Å²) < 4.78 is 1.60. The van der Waals surface area contributed by atoms with Crippen molar-refractivity contribution in [2.75, 3.05) is 6.54 Å². The minimum absolute atomic E-state index is 0.0221. The van der Waals surface area contributed by atoms with E-state index in [2.05, 4.69) is 81.1 Å². The lowest BCUT2D eigenvalue weighted by atomic mass is 9.78. The average Bonchev–Trinajstić information content (AvgIpc) is 3.76. The van der Waals surface area contributed by atoms with Crippen LogP contribution in [0.25, 0.3) is 0 Å². The van der Waals surface area contributed by atoms with Gasteiger partial charge in [0.25, 0.3) is 5.91 Å². The number of carbonyl (C=O) groups is 2.